The molecule has 5 heteroatoms. The Balaban J connectivity index is 2.21. The van der Waals surface area contributed by atoms with Gasteiger partial charge in [0.05, 0.1) is 0 Å². The number of benzene rings is 1. The summed E-state index contributed by atoms with van der Waals surface area (Å²) in [6.45, 7) is 3.52. The average molecular weight is 270 g/mol. The fraction of sp³-hybridized carbons (Fsp3) is 0.200. The number of primary amides is 1. The van der Waals surface area contributed by atoms with Crippen LogP contribution < -0.4 is 16.4 Å². The number of hydrogen-bond donors (Lipinski definition) is 2. The molecule has 0 atom stereocenters. The third-order valence-corrected chi connectivity index (χ3v) is 3.09. The van der Waals surface area contributed by atoms with Gasteiger partial charge in [0.2, 0.25) is 5.91 Å². The molecule has 1 aromatic carbocycles. The van der Waals surface area contributed by atoms with Crippen molar-refractivity contribution in [3.8, 4) is 0 Å². The van der Waals surface area contributed by atoms with E-state index in [1.807, 2.05) is 31.2 Å². The summed E-state index contributed by atoms with van der Waals surface area (Å²) >= 11 is 0. The molecule has 104 valence electrons. The highest BCUT2D eigenvalue weighted by Crippen LogP contribution is 2.16. The van der Waals surface area contributed by atoms with E-state index in [1.165, 1.54) is 0 Å². The first-order valence-corrected chi connectivity index (χ1v) is 6.45. The molecule has 1 aromatic heterocycles. The van der Waals surface area contributed by atoms with Crippen molar-refractivity contribution in [2.45, 2.75) is 13.5 Å². The molecular formula is C15H18N4O. The second-order valence-electron chi connectivity index (χ2n) is 4.52. The predicted octanol–water partition coefficient (Wildman–Crippen LogP) is 1.79. The number of hydrogen-bond acceptors (Lipinski definition) is 4. The molecular weight excluding hydrogens is 252 g/mol. The highest BCUT2D eigenvalue weighted by molar-refractivity contribution is 5.93. The molecule has 0 aliphatic rings. The first-order valence-electron chi connectivity index (χ1n) is 6.45. The molecule has 0 spiro atoms. The lowest BCUT2D eigenvalue weighted by atomic mass is 10.2. The third kappa shape index (κ3) is 3.26. The molecule has 1 heterocycles. The molecule has 0 saturated carbocycles. The fourth-order valence-corrected chi connectivity index (χ4v) is 1.94. The van der Waals surface area contributed by atoms with Crippen molar-refractivity contribution in [2.75, 3.05) is 17.2 Å². The van der Waals surface area contributed by atoms with Crippen molar-refractivity contribution in [3.63, 3.8) is 0 Å². The quantitative estimate of drug-likeness (QED) is 0.811. The van der Waals surface area contributed by atoms with Crippen LogP contribution in [0.15, 0.2) is 42.6 Å². The van der Waals surface area contributed by atoms with Gasteiger partial charge in [-0.25, -0.2) is 4.98 Å². The van der Waals surface area contributed by atoms with Gasteiger partial charge < -0.3 is 16.4 Å². The number of pyridine rings is 1. The molecule has 4 N–H and O–H groups in total. The van der Waals surface area contributed by atoms with Crippen LogP contribution in [0.4, 0.5) is 11.5 Å². The van der Waals surface area contributed by atoms with E-state index in [-0.39, 0.29) is 0 Å². The molecule has 0 saturated heterocycles. The minimum atomic E-state index is -0.447. The first kappa shape index (κ1) is 13.9. The van der Waals surface area contributed by atoms with Crippen LogP contribution >= 0.6 is 0 Å². The van der Waals surface area contributed by atoms with Crippen molar-refractivity contribution in [2.24, 2.45) is 5.73 Å². The van der Waals surface area contributed by atoms with Gasteiger partial charge in [0.1, 0.15) is 5.82 Å². The molecule has 0 unspecified atom stereocenters. The van der Waals surface area contributed by atoms with Crippen molar-refractivity contribution in [3.05, 3.63) is 53.7 Å². The summed E-state index contributed by atoms with van der Waals surface area (Å²) in [5, 5.41) is 0. The van der Waals surface area contributed by atoms with Crippen LogP contribution in [0.2, 0.25) is 0 Å². The normalized spacial score (nSPS) is 10.2. The summed E-state index contributed by atoms with van der Waals surface area (Å²) in [6.07, 6.45) is 1.60. The highest BCUT2D eigenvalue weighted by Gasteiger charge is 2.09. The van der Waals surface area contributed by atoms with Gasteiger partial charge in [-0.3, -0.25) is 4.79 Å². The Kier molecular flexibility index (Phi) is 4.20. The Morgan fingerprint density at radius 3 is 2.55 bits per heavy atom. The van der Waals surface area contributed by atoms with Crippen molar-refractivity contribution in [1.29, 1.82) is 0 Å². The molecule has 0 radical (unpaired) electrons. The Hall–Kier alpha value is -2.56. The molecule has 0 fully saturated rings. The second-order valence-corrected chi connectivity index (χ2v) is 4.52. The van der Waals surface area contributed by atoms with E-state index < -0.39 is 5.91 Å². The van der Waals surface area contributed by atoms with Crippen LogP contribution in [0.5, 0.6) is 0 Å². The minimum absolute atomic E-state index is 0.447. The van der Waals surface area contributed by atoms with E-state index in [2.05, 4.69) is 9.88 Å². The molecule has 5 nitrogen and oxygen atoms in total. The Morgan fingerprint density at radius 1 is 1.25 bits per heavy atom. The second kappa shape index (κ2) is 6.06. The van der Waals surface area contributed by atoms with Crippen LogP contribution in [0.1, 0.15) is 22.8 Å². The molecule has 0 bridgehead atoms. The number of carbonyl (C=O) groups is 1. The van der Waals surface area contributed by atoms with E-state index in [0.29, 0.717) is 12.1 Å². The first-order chi connectivity index (χ1) is 9.60. The number of amides is 1. The van der Waals surface area contributed by atoms with E-state index in [9.17, 15) is 4.79 Å². The monoisotopic (exact) mass is 270 g/mol. The predicted molar refractivity (Wildman–Crippen MR) is 80.3 cm³/mol. The largest absolute Gasteiger partial charge is 0.399 e. The molecule has 20 heavy (non-hydrogen) atoms. The van der Waals surface area contributed by atoms with Crippen LogP contribution in [-0.2, 0) is 6.54 Å². The van der Waals surface area contributed by atoms with E-state index in [4.69, 9.17) is 11.5 Å². The van der Waals surface area contributed by atoms with Crippen molar-refractivity contribution in [1.82, 2.24) is 4.98 Å². The number of carbonyl (C=O) groups excluding carboxylic acids is 1. The van der Waals surface area contributed by atoms with Crippen LogP contribution in [0.3, 0.4) is 0 Å². The summed E-state index contributed by atoms with van der Waals surface area (Å²) in [5.74, 6) is 0.290. The highest BCUT2D eigenvalue weighted by atomic mass is 16.1. The lowest BCUT2D eigenvalue weighted by Crippen LogP contribution is -2.23. The van der Waals surface area contributed by atoms with Gasteiger partial charge in [-0.15, -0.1) is 0 Å². The van der Waals surface area contributed by atoms with E-state index >= 15 is 0 Å². The van der Waals surface area contributed by atoms with Gasteiger partial charge in [0.15, 0.2) is 0 Å². The standard InChI is InChI=1S/C15H18N4O/c1-2-19(10-11-3-5-13(16)6-4-11)14-9-12(15(17)20)7-8-18-14/h3-9H,2,10,16H2,1H3,(H2,17,20). The van der Waals surface area contributed by atoms with Crippen LogP contribution in [-0.4, -0.2) is 17.4 Å². The summed E-state index contributed by atoms with van der Waals surface area (Å²) in [7, 11) is 0. The zero-order valence-corrected chi connectivity index (χ0v) is 11.4. The van der Waals surface area contributed by atoms with Gasteiger partial charge in [-0.1, -0.05) is 12.1 Å². The van der Waals surface area contributed by atoms with Gasteiger partial charge in [-0.2, -0.15) is 0 Å². The Bertz CT molecular complexity index is 595. The summed E-state index contributed by atoms with van der Waals surface area (Å²) < 4.78 is 0. The number of nitrogens with two attached hydrogens (primary N) is 2. The topological polar surface area (TPSA) is 85.2 Å². The third-order valence-electron chi connectivity index (χ3n) is 3.09. The van der Waals surface area contributed by atoms with E-state index in [0.717, 1.165) is 23.6 Å². The molecule has 0 aliphatic heterocycles. The zero-order valence-electron chi connectivity index (χ0n) is 11.4. The minimum Gasteiger partial charge on any atom is -0.399 e. The summed E-state index contributed by atoms with van der Waals surface area (Å²) in [5.41, 5.74) is 13.3. The maximum atomic E-state index is 11.2. The molecule has 0 aliphatic carbocycles. The van der Waals surface area contributed by atoms with Gasteiger partial charge in [-0.05, 0) is 36.8 Å². The van der Waals surface area contributed by atoms with Gasteiger partial charge >= 0.3 is 0 Å². The molecule has 2 rings (SSSR count). The molecule has 1 amide bonds. The van der Waals surface area contributed by atoms with Crippen molar-refractivity contribution < 1.29 is 4.79 Å². The van der Waals surface area contributed by atoms with Crippen molar-refractivity contribution >= 4 is 17.4 Å². The lowest BCUT2D eigenvalue weighted by molar-refractivity contribution is 0.1000. The lowest BCUT2D eigenvalue weighted by Gasteiger charge is -2.22. The average Bonchev–Trinajstić information content (AvgIpc) is 2.46. The number of rotatable bonds is 5. The zero-order chi connectivity index (χ0) is 14.5. The smallest absolute Gasteiger partial charge is 0.248 e. The van der Waals surface area contributed by atoms with Crippen LogP contribution in [0.25, 0.3) is 0 Å². The molecule has 2 aromatic rings. The van der Waals surface area contributed by atoms with E-state index in [1.54, 1.807) is 18.3 Å². The fourth-order valence-electron chi connectivity index (χ4n) is 1.94. The Labute approximate surface area is 118 Å². The maximum absolute atomic E-state index is 11.2. The van der Waals surface area contributed by atoms with Crippen LogP contribution in [0, 0.1) is 0 Å². The van der Waals surface area contributed by atoms with Gasteiger partial charge in [0.25, 0.3) is 0 Å². The Morgan fingerprint density at radius 2 is 1.95 bits per heavy atom. The summed E-state index contributed by atoms with van der Waals surface area (Å²) in [4.78, 5) is 17.6. The number of anilines is 2. The number of nitrogens with zero attached hydrogens (tertiary/aromatic N) is 2. The number of nitrogen functional groups attached to an aromatic ring is 1. The summed E-state index contributed by atoms with van der Waals surface area (Å²) in [6, 6.07) is 11.0. The number of aromatic nitrogens is 1. The van der Waals surface area contributed by atoms with Gasteiger partial charge in [0, 0.05) is 30.5 Å². The maximum Gasteiger partial charge on any atom is 0.248 e. The SMILES string of the molecule is CCN(Cc1ccc(N)cc1)c1cc(C(N)=O)ccn1.